The minimum Gasteiger partial charge on any atom is -0.325 e. The average molecular weight is 400 g/mol. The third kappa shape index (κ3) is 6.48. The average Bonchev–Trinajstić information content (AvgIpc) is 2.59. The van der Waals surface area contributed by atoms with Crippen molar-refractivity contribution in [2.75, 3.05) is 25.0 Å². The summed E-state index contributed by atoms with van der Waals surface area (Å²) in [7, 11) is 0. The molecule has 2 rings (SSSR count). The fourth-order valence-electron chi connectivity index (χ4n) is 3.67. The number of hydrogen-bond donors (Lipinski definition) is 2. The highest BCUT2D eigenvalue weighted by molar-refractivity contribution is 5.92. The first-order valence-electron chi connectivity index (χ1n) is 9.93. The highest BCUT2D eigenvalue weighted by atomic mass is 19.4. The van der Waals surface area contributed by atoms with Gasteiger partial charge in [0.15, 0.2) is 0 Å². The molecule has 1 aliphatic heterocycles. The molecule has 1 saturated heterocycles. The van der Waals surface area contributed by atoms with Gasteiger partial charge in [-0.05, 0) is 58.2 Å². The van der Waals surface area contributed by atoms with Crippen LogP contribution in [0, 0.1) is 5.92 Å². The van der Waals surface area contributed by atoms with Crippen LogP contribution in [0.25, 0.3) is 0 Å². The maximum Gasteiger partial charge on any atom is 0.418 e. The first kappa shape index (κ1) is 22.7. The van der Waals surface area contributed by atoms with E-state index >= 15 is 0 Å². The summed E-state index contributed by atoms with van der Waals surface area (Å²) in [6, 6.07) is 4.90. The lowest BCUT2D eigenvalue weighted by molar-refractivity contribution is -0.137. The Morgan fingerprint density at radius 3 is 2.61 bits per heavy atom. The number of carbonyl (C=O) groups is 1. The monoisotopic (exact) mass is 399 g/mol. The lowest BCUT2D eigenvalue weighted by Crippen LogP contribution is -2.55. The largest absolute Gasteiger partial charge is 0.418 e. The van der Waals surface area contributed by atoms with Crippen LogP contribution in [-0.2, 0) is 11.0 Å². The Labute approximate surface area is 165 Å². The van der Waals surface area contributed by atoms with E-state index in [1.54, 1.807) is 0 Å². The van der Waals surface area contributed by atoms with Gasteiger partial charge >= 0.3 is 6.18 Å². The van der Waals surface area contributed by atoms with Gasteiger partial charge in [-0.1, -0.05) is 19.1 Å². The van der Waals surface area contributed by atoms with Crippen LogP contribution in [0.4, 0.5) is 18.9 Å². The second-order valence-electron chi connectivity index (χ2n) is 8.58. The Bertz CT molecular complexity index is 661. The quantitative estimate of drug-likeness (QED) is 0.708. The number of alkyl halides is 3. The molecule has 1 aromatic carbocycles. The molecular weight excluding hydrogens is 367 g/mol. The number of likely N-dealkylation sites (tertiary alicyclic amines) is 1. The van der Waals surface area contributed by atoms with Crippen molar-refractivity contribution in [3.63, 3.8) is 0 Å². The fraction of sp³-hybridized carbons (Fsp3) is 0.667. The predicted molar refractivity (Wildman–Crippen MR) is 106 cm³/mol. The Morgan fingerprint density at radius 2 is 1.96 bits per heavy atom. The van der Waals surface area contributed by atoms with Gasteiger partial charge in [-0.2, -0.15) is 13.2 Å². The summed E-state index contributed by atoms with van der Waals surface area (Å²) in [6.45, 7) is 11.4. The molecule has 28 heavy (non-hydrogen) atoms. The number of benzene rings is 1. The molecule has 2 unspecified atom stereocenters. The van der Waals surface area contributed by atoms with Crippen molar-refractivity contribution in [1.82, 2.24) is 10.2 Å². The van der Waals surface area contributed by atoms with Gasteiger partial charge in [-0.25, -0.2) is 0 Å². The summed E-state index contributed by atoms with van der Waals surface area (Å²) in [6.07, 6.45) is -1.93. The first-order valence-corrected chi connectivity index (χ1v) is 9.93. The maximum atomic E-state index is 13.0. The van der Waals surface area contributed by atoms with Gasteiger partial charge in [-0.15, -0.1) is 0 Å². The van der Waals surface area contributed by atoms with Gasteiger partial charge < -0.3 is 10.6 Å². The number of nitrogens with one attached hydrogen (secondary N) is 2. The standard InChI is InChI=1S/C21H32F3N3O/c1-15-8-7-11-27(13-15)20(3,4)14-25-16(2)12-19(28)26-18-10-6-5-9-17(18)21(22,23)24/h5-6,9-10,15-16,25H,7-8,11-14H2,1-4H3,(H,26,28). The number of amides is 1. The summed E-state index contributed by atoms with van der Waals surface area (Å²) in [5, 5.41) is 5.78. The first-order chi connectivity index (χ1) is 13.0. The number of halogens is 3. The van der Waals surface area contributed by atoms with Crippen molar-refractivity contribution in [2.45, 2.75) is 64.7 Å². The molecule has 0 aromatic heterocycles. The predicted octanol–water partition coefficient (Wildman–Crippen LogP) is 4.52. The van der Waals surface area contributed by atoms with E-state index in [1.807, 2.05) is 6.92 Å². The van der Waals surface area contributed by atoms with Crippen molar-refractivity contribution in [1.29, 1.82) is 0 Å². The van der Waals surface area contributed by atoms with Crippen molar-refractivity contribution in [3.05, 3.63) is 29.8 Å². The van der Waals surface area contributed by atoms with E-state index < -0.39 is 17.6 Å². The maximum absolute atomic E-state index is 13.0. The van der Waals surface area contributed by atoms with Gasteiger partial charge in [0, 0.05) is 31.1 Å². The highest BCUT2D eigenvalue weighted by Crippen LogP contribution is 2.34. The molecule has 0 saturated carbocycles. The molecule has 1 fully saturated rings. The van der Waals surface area contributed by atoms with Gasteiger partial charge in [-0.3, -0.25) is 9.69 Å². The van der Waals surface area contributed by atoms with Crippen LogP contribution < -0.4 is 10.6 Å². The van der Waals surface area contributed by atoms with Crippen molar-refractivity contribution >= 4 is 11.6 Å². The fourth-order valence-corrected chi connectivity index (χ4v) is 3.67. The molecule has 0 radical (unpaired) electrons. The minimum absolute atomic E-state index is 0.0394. The Hall–Kier alpha value is -1.60. The molecule has 2 N–H and O–H groups in total. The van der Waals surface area contributed by atoms with Crippen LogP contribution in [-0.4, -0.2) is 42.0 Å². The minimum atomic E-state index is -4.50. The molecule has 2 atom stereocenters. The summed E-state index contributed by atoms with van der Waals surface area (Å²) in [5.41, 5.74) is -1.07. The van der Waals surface area contributed by atoms with E-state index in [2.05, 4.69) is 36.3 Å². The number of anilines is 1. The number of piperidine rings is 1. The zero-order chi connectivity index (χ0) is 20.9. The molecule has 0 bridgehead atoms. The topological polar surface area (TPSA) is 44.4 Å². The third-order valence-electron chi connectivity index (χ3n) is 5.39. The smallest absolute Gasteiger partial charge is 0.325 e. The molecule has 1 amide bonds. The number of nitrogens with zero attached hydrogens (tertiary/aromatic N) is 1. The molecule has 158 valence electrons. The number of carbonyl (C=O) groups excluding carboxylic acids is 1. The molecule has 4 nitrogen and oxygen atoms in total. The lowest BCUT2D eigenvalue weighted by atomic mass is 9.93. The second kappa shape index (κ2) is 9.27. The van der Waals surface area contributed by atoms with Gasteiger partial charge in [0.05, 0.1) is 11.3 Å². The van der Waals surface area contributed by atoms with Crippen LogP contribution in [0.3, 0.4) is 0 Å². The van der Waals surface area contributed by atoms with E-state index in [0.29, 0.717) is 12.5 Å². The highest BCUT2D eigenvalue weighted by Gasteiger charge is 2.34. The lowest BCUT2D eigenvalue weighted by Gasteiger charge is -2.43. The van der Waals surface area contributed by atoms with Crippen molar-refractivity contribution < 1.29 is 18.0 Å². The number of para-hydroxylation sites is 1. The molecule has 1 heterocycles. The van der Waals surface area contributed by atoms with E-state index in [0.717, 1.165) is 19.2 Å². The third-order valence-corrected chi connectivity index (χ3v) is 5.39. The molecule has 0 spiro atoms. The number of rotatable bonds is 7. The molecule has 0 aliphatic carbocycles. The normalized spacial score (nSPS) is 20.0. The SMILES string of the molecule is CC1CCCN(C(C)(C)CNC(C)CC(=O)Nc2ccccc2C(F)(F)F)C1. The van der Waals surface area contributed by atoms with Crippen LogP contribution in [0.15, 0.2) is 24.3 Å². The molecule has 1 aromatic rings. The molecule has 1 aliphatic rings. The van der Waals surface area contributed by atoms with Gasteiger partial charge in [0.1, 0.15) is 0 Å². The summed E-state index contributed by atoms with van der Waals surface area (Å²) >= 11 is 0. The van der Waals surface area contributed by atoms with Crippen LogP contribution >= 0.6 is 0 Å². The van der Waals surface area contributed by atoms with Gasteiger partial charge in [0.2, 0.25) is 5.91 Å². The van der Waals surface area contributed by atoms with Crippen LogP contribution in [0.5, 0.6) is 0 Å². The van der Waals surface area contributed by atoms with E-state index in [-0.39, 0.29) is 23.7 Å². The van der Waals surface area contributed by atoms with E-state index in [4.69, 9.17) is 0 Å². The number of hydrogen-bond acceptors (Lipinski definition) is 3. The van der Waals surface area contributed by atoms with Crippen molar-refractivity contribution in [3.8, 4) is 0 Å². The zero-order valence-corrected chi connectivity index (χ0v) is 17.2. The van der Waals surface area contributed by atoms with Crippen LogP contribution in [0.2, 0.25) is 0 Å². The second-order valence-corrected chi connectivity index (χ2v) is 8.58. The van der Waals surface area contributed by atoms with Crippen LogP contribution in [0.1, 0.15) is 52.5 Å². The molecular formula is C21H32F3N3O. The van der Waals surface area contributed by atoms with Crippen molar-refractivity contribution in [2.24, 2.45) is 5.92 Å². The van der Waals surface area contributed by atoms with E-state index in [1.165, 1.54) is 31.0 Å². The van der Waals surface area contributed by atoms with Gasteiger partial charge in [0.25, 0.3) is 0 Å². The van der Waals surface area contributed by atoms with E-state index in [9.17, 15) is 18.0 Å². The Morgan fingerprint density at radius 1 is 1.29 bits per heavy atom. The summed E-state index contributed by atoms with van der Waals surface area (Å²) in [4.78, 5) is 14.7. The Kier molecular flexibility index (Phi) is 7.51. The zero-order valence-electron chi connectivity index (χ0n) is 17.2. The summed E-state index contributed by atoms with van der Waals surface area (Å²) < 4.78 is 39.1. The molecule has 7 heteroatoms. The Balaban J connectivity index is 1.86. The summed E-state index contributed by atoms with van der Waals surface area (Å²) in [5.74, 6) is 0.256.